The van der Waals surface area contributed by atoms with Crippen LogP contribution in [-0.2, 0) is 23.7 Å². The van der Waals surface area contributed by atoms with E-state index >= 15 is 0 Å². The van der Waals surface area contributed by atoms with E-state index in [0.717, 1.165) is 116 Å². The first-order chi connectivity index (χ1) is 50.6. The van der Waals surface area contributed by atoms with E-state index in [0.29, 0.717) is 12.8 Å². The van der Waals surface area contributed by atoms with Crippen molar-refractivity contribution in [1.82, 2.24) is 5.32 Å². The fourth-order valence-electron chi connectivity index (χ4n) is 12.0. The number of rotatable bonds is 65. The van der Waals surface area contributed by atoms with Crippen molar-refractivity contribution in [2.45, 2.75) is 351 Å². The molecule has 0 aromatic rings. The molecule has 0 spiro atoms. The van der Waals surface area contributed by atoms with Crippen LogP contribution in [0.1, 0.15) is 277 Å². The lowest BCUT2D eigenvalue weighted by Gasteiger charge is -2.46. The second kappa shape index (κ2) is 70.1. The highest BCUT2D eigenvalue weighted by Crippen LogP contribution is 2.30. The fraction of sp³-hybridized carbons (Fsp3) is 0.652. The van der Waals surface area contributed by atoms with Crippen molar-refractivity contribution >= 4 is 5.91 Å². The van der Waals surface area contributed by atoms with Crippen LogP contribution < -0.4 is 5.32 Å². The molecule has 103 heavy (non-hydrogen) atoms. The molecule has 12 unspecified atom stereocenters. The molecule has 1 amide bonds. The van der Waals surface area contributed by atoms with Gasteiger partial charge in [-0.2, -0.15) is 0 Å². The Morgan fingerprint density at radius 1 is 0.359 bits per heavy atom. The highest BCUT2D eigenvalue weighted by atomic mass is 16.7. The largest absolute Gasteiger partial charge is 0.394 e. The Bertz CT molecular complexity index is 2440. The van der Waals surface area contributed by atoms with Crippen LogP contribution in [0.2, 0.25) is 0 Å². The van der Waals surface area contributed by atoms with Crippen LogP contribution in [-0.4, -0.2) is 140 Å². The molecular formula is C89H145NO13. The topological polar surface area (TPSA) is 228 Å². The van der Waals surface area contributed by atoms with Gasteiger partial charge in [-0.15, -0.1) is 0 Å². The lowest BCUT2D eigenvalue weighted by Crippen LogP contribution is -2.65. The Kier molecular flexibility index (Phi) is 64.1. The van der Waals surface area contributed by atoms with E-state index in [9.17, 15) is 45.6 Å². The van der Waals surface area contributed by atoms with Crippen molar-refractivity contribution < 1.29 is 64.6 Å². The van der Waals surface area contributed by atoms with Crippen LogP contribution in [0.3, 0.4) is 0 Å². The minimum Gasteiger partial charge on any atom is -0.394 e. The molecule has 0 aromatic carbocycles. The maximum atomic E-state index is 13.4. The number of allylic oxidation sites excluding steroid dienone is 29. The molecule has 14 heteroatoms. The minimum absolute atomic E-state index is 0.202. The third-order valence-corrected chi connectivity index (χ3v) is 18.3. The summed E-state index contributed by atoms with van der Waals surface area (Å²) in [5, 5.41) is 87.6. The van der Waals surface area contributed by atoms with Crippen LogP contribution in [0.25, 0.3) is 0 Å². The van der Waals surface area contributed by atoms with E-state index in [1.54, 1.807) is 6.08 Å². The predicted octanol–water partition coefficient (Wildman–Crippen LogP) is 18.8. The summed E-state index contributed by atoms with van der Waals surface area (Å²) in [5.41, 5.74) is 0. The molecule has 0 saturated carbocycles. The molecule has 2 aliphatic rings. The van der Waals surface area contributed by atoms with Crippen molar-refractivity contribution in [2.24, 2.45) is 0 Å². The standard InChI is InChI=1S/C89H145NO13/c1-3-5-7-9-11-13-15-17-19-21-23-25-27-29-31-33-35-36-37-38-39-40-41-42-43-45-47-49-51-53-55-57-59-61-63-65-67-69-71-73-81(94)90-77(76-100-88-86(99)84(97)87(80(75-92)102-88)103-89-85(98)83(96)82(95)79(74-91)101-89)78(93)72-70-68-66-64-62-60-58-56-54-52-50-48-46-44-34-32-30-28-26-24-22-20-18-16-14-12-10-8-6-4-2/h5,7,11,13,17,19,23,25,29,31,35-36,38-39,41-42,45,47,51,53-54,56-57,59,62-65,70,72,77-80,82-89,91-93,95-99H,3-4,6,8-10,12,14-16,18,20-22,24,26-28,30,32-34,37,40,43-44,46,48-50,52,55,58,60-61,66-69,71,73-76H2,1-2H3,(H,90,94)/b7-5-,13-11-,19-17-,25-23-,31-29-,36-35-,39-38-,42-41-,47-45-,53-51-,56-54+,59-57-,64-62+,65-63-,72-70+. The summed E-state index contributed by atoms with van der Waals surface area (Å²) < 4.78 is 22.8. The molecule has 0 aromatic heterocycles. The third kappa shape index (κ3) is 52.7. The van der Waals surface area contributed by atoms with Gasteiger partial charge < -0.3 is 65.1 Å². The van der Waals surface area contributed by atoms with Gasteiger partial charge in [0.05, 0.1) is 32.0 Å². The van der Waals surface area contributed by atoms with Gasteiger partial charge in [0.25, 0.3) is 0 Å². The molecule has 2 saturated heterocycles. The van der Waals surface area contributed by atoms with E-state index in [-0.39, 0.29) is 18.9 Å². The monoisotopic (exact) mass is 1440 g/mol. The van der Waals surface area contributed by atoms with Gasteiger partial charge in [-0.1, -0.05) is 318 Å². The molecule has 0 radical (unpaired) electrons. The van der Waals surface area contributed by atoms with Crippen molar-refractivity contribution in [3.63, 3.8) is 0 Å². The highest BCUT2D eigenvalue weighted by Gasteiger charge is 2.51. The summed E-state index contributed by atoms with van der Waals surface area (Å²) in [4.78, 5) is 13.4. The minimum atomic E-state index is -1.81. The smallest absolute Gasteiger partial charge is 0.220 e. The number of unbranched alkanes of at least 4 members (excludes halogenated alkanes) is 24. The number of amides is 1. The van der Waals surface area contributed by atoms with E-state index in [2.05, 4.69) is 189 Å². The molecule has 0 aliphatic carbocycles. The van der Waals surface area contributed by atoms with Crippen LogP contribution >= 0.6 is 0 Å². The number of ether oxygens (including phenoxy) is 4. The Hall–Kier alpha value is -4.91. The van der Waals surface area contributed by atoms with E-state index in [1.165, 1.54) is 128 Å². The first-order valence-corrected chi connectivity index (χ1v) is 40.5. The predicted molar refractivity (Wildman–Crippen MR) is 428 cm³/mol. The van der Waals surface area contributed by atoms with Gasteiger partial charge >= 0.3 is 0 Å². The Morgan fingerprint density at radius 2 is 0.680 bits per heavy atom. The van der Waals surface area contributed by atoms with Gasteiger partial charge in [-0.3, -0.25) is 4.79 Å². The van der Waals surface area contributed by atoms with Gasteiger partial charge in [0.1, 0.15) is 48.8 Å². The van der Waals surface area contributed by atoms with Gasteiger partial charge in [0, 0.05) is 6.42 Å². The maximum Gasteiger partial charge on any atom is 0.220 e. The molecule has 2 aliphatic heterocycles. The Morgan fingerprint density at radius 3 is 1.07 bits per heavy atom. The van der Waals surface area contributed by atoms with Crippen molar-refractivity contribution in [3.8, 4) is 0 Å². The van der Waals surface area contributed by atoms with Crippen LogP contribution in [0.15, 0.2) is 182 Å². The van der Waals surface area contributed by atoms with Gasteiger partial charge in [0.2, 0.25) is 5.91 Å². The van der Waals surface area contributed by atoms with Crippen LogP contribution in [0.4, 0.5) is 0 Å². The number of hydrogen-bond acceptors (Lipinski definition) is 13. The normalized spacial score (nSPS) is 22.6. The molecule has 2 fully saturated rings. The number of aliphatic hydroxyl groups is 8. The van der Waals surface area contributed by atoms with E-state index in [1.807, 2.05) is 6.08 Å². The average molecular weight is 1440 g/mol. The molecular weight excluding hydrogens is 1290 g/mol. The Labute approximate surface area is 625 Å². The summed E-state index contributed by atoms with van der Waals surface area (Å²) >= 11 is 0. The van der Waals surface area contributed by atoms with E-state index < -0.39 is 86.8 Å². The quantitative estimate of drug-likeness (QED) is 0.0204. The number of nitrogens with one attached hydrogen (secondary N) is 1. The van der Waals surface area contributed by atoms with Gasteiger partial charge in [-0.25, -0.2) is 0 Å². The van der Waals surface area contributed by atoms with E-state index in [4.69, 9.17) is 18.9 Å². The number of carbonyl (C=O) groups is 1. The Balaban J connectivity index is 1.69. The molecule has 14 nitrogen and oxygen atoms in total. The molecule has 9 N–H and O–H groups in total. The summed E-state index contributed by atoms with van der Waals surface area (Å²) in [6.07, 6.45) is 94.0. The average Bonchev–Trinajstić information content (AvgIpc) is 0.791. The summed E-state index contributed by atoms with van der Waals surface area (Å²) in [5.74, 6) is -0.301. The second-order valence-electron chi connectivity index (χ2n) is 27.4. The SMILES string of the molecule is CC/C=C\C/C=C\C/C=C\C/C=C\C/C=C\C/C=C\C/C=C\C/C=C\C/C=C\C/C=C\C/C=C\C/C=C\CCCCC(=O)NC(COC1OC(CO)C(OC2OC(CO)C(O)C(O)C2O)C(O)C1O)C(O)/C=C/CC/C=C/CC/C=C/CCCCCCCCCCCCCCCCCCCCCC. The van der Waals surface area contributed by atoms with Crippen molar-refractivity contribution in [1.29, 1.82) is 0 Å². The van der Waals surface area contributed by atoms with Crippen molar-refractivity contribution in [2.75, 3.05) is 19.8 Å². The maximum absolute atomic E-state index is 13.4. The third-order valence-electron chi connectivity index (χ3n) is 18.3. The summed E-state index contributed by atoms with van der Waals surface area (Å²) in [7, 11) is 0. The number of hydrogen-bond donors (Lipinski definition) is 9. The first kappa shape index (κ1) is 94.2. The lowest BCUT2D eigenvalue weighted by atomic mass is 9.97. The zero-order valence-corrected chi connectivity index (χ0v) is 64.0. The van der Waals surface area contributed by atoms with Crippen LogP contribution in [0.5, 0.6) is 0 Å². The number of aliphatic hydroxyl groups excluding tert-OH is 8. The number of carbonyl (C=O) groups excluding carboxylic acids is 1. The lowest BCUT2D eigenvalue weighted by molar-refractivity contribution is -0.359. The molecule has 2 rings (SSSR count). The zero-order chi connectivity index (χ0) is 74.4. The second-order valence-corrected chi connectivity index (χ2v) is 27.4. The molecule has 12 atom stereocenters. The van der Waals surface area contributed by atoms with Gasteiger partial charge in [0.15, 0.2) is 12.6 Å². The molecule has 0 bridgehead atoms. The fourth-order valence-corrected chi connectivity index (χ4v) is 12.0. The molecule has 2 heterocycles. The summed E-state index contributed by atoms with van der Waals surface area (Å²) in [6, 6.07) is -0.978. The summed E-state index contributed by atoms with van der Waals surface area (Å²) in [6.45, 7) is 2.64. The van der Waals surface area contributed by atoms with Crippen LogP contribution in [0, 0.1) is 0 Å². The highest BCUT2D eigenvalue weighted by molar-refractivity contribution is 5.76. The zero-order valence-electron chi connectivity index (χ0n) is 64.0. The first-order valence-electron chi connectivity index (χ1n) is 40.5. The van der Waals surface area contributed by atoms with Crippen molar-refractivity contribution in [3.05, 3.63) is 182 Å². The molecule has 584 valence electrons. The van der Waals surface area contributed by atoms with Gasteiger partial charge in [-0.05, 0) is 135 Å².